The quantitative estimate of drug-likeness (QED) is 0.455. The Morgan fingerprint density at radius 2 is 1.19 bits per heavy atom. The van der Waals surface area contributed by atoms with Crippen LogP contribution in [0.3, 0.4) is 0 Å². The standard InChI is InChI=1S/C7H2F7NO/c8-2-1(7(12,13)14)3(9)5(11)6(15-16)4(2)10/h15-16H. The SMILES string of the molecule is ONc1c(F)c(F)c(C(F)(F)F)c(F)c1F. The Morgan fingerprint density at radius 3 is 1.44 bits per heavy atom. The fourth-order valence-corrected chi connectivity index (χ4v) is 0.979. The number of nitrogens with one attached hydrogen (secondary N) is 1. The van der Waals surface area contributed by atoms with E-state index < -0.39 is 40.7 Å². The van der Waals surface area contributed by atoms with Crippen molar-refractivity contribution in [3.8, 4) is 0 Å². The minimum atomic E-state index is -5.59. The number of benzene rings is 1. The normalized spacial score (nSPS) is 11.8. The highest BCUT2D eigenvalue weighted by molar-refractivity contribution is 5.48. The maximum atomic E-state index is 12.7. The van der Waals surface area contributed by atoms with Crippen LogP contribution in [0.25, 0.3) is 0 Å². The molecule has 0 radical (unpaired) electrons. The molecule has 16 heavy (non-hydrogen) atoms. The highest BCUT2D eigenvalue weighted by Gasteiger charge is 2.42. The second kappa shape index (κ2) is 3.81. The van der Waals surface area contributed by atoms with Crippen LogP contribution in [-0.2, 0) is 6.18 Å². The van der Waals surface area contributed by atoms with Crippen molar-refractivity contribution in [2.45, 2.75) is 6.18 Å². The van der Waals surface area contributed by atoms with Crippen molar-refractivity contribution < 1.29 is 35.9 Å². The average Bonchev–Trinajstić information content (AvgIpc) is 2.14. The van der Waals surface area contributed by atoms with Crippen molar-refractivity contribution in [3.63, 3.8) is 0 Å². The van der Waals surface area contributed by atoms with Crippen LogP contribution < -0.4 is 5.48 Å². The summed E-state index contributed by atoms with van der Waals surface area (Å²) >= 11 is 0. The maximum Gasteiger partial charge on any atom is 0.422 e. The Morgan fingerprint density at radius 1 is 0.812 bits per heavy atom. The summed E-state index contributed by atoms with van der Waals surface area (Å²) < 4.78 is 87.0. The summed E-state index contributed by atoms with van der Waals surface area (Å²) in [5, 5.41) is 8.10. The van der Waals surface area contributed by atoms with Gasteiger partial charge in [-0.3, -0.25) is 10.7 Å². The Labute approximate surface area is 83.3 Å². The molecule has 2 N–H and O–H groups in total. The fraction of sp³-hybridized carbons (Fsp3) is 0.143. The molecule has 0 aliphatic carbocycles. The second-order valence-electron chi connectivity index (χ2n) is 2.62. The number of hydrogen-bond donors (Lipinski definition) is 2. The van der Waals surface area contributed by atoms with E-state index in [-0.39, 0.29) is 0 Å². The zero-order valence-corrected chi connectivity index (χ0v) is 7.09. The van der Waals surface area contributed by atoms with Gasteiger partial charge in [-0.25, -0.2) is 17.6 Å². The lowest BCUT2D eigenvalue weighted by Crippen LogP contribution is -2.16. The van der Waals surface area contributed by atoms with Crippen LogP contribution in [0.5, 0.6) is 0 Å². The molecule has 1 aromatic rings. The zero-order chi connectivity index (χ0) is 12.7. The minimum absolute atomic E-state index is 0.727. The molecular weight excluding hydrogens is 247 g/mol. The van der Waals surface area contributed by atoms with Gasteiger partial charge in [0, 0.05) is 0 Å². The van der Waals surface area contributed by atoms with Gasteiger partial charge in [0.05, 0.1) is 0 Å². The molecule has 0 aliphatic rings. The van der Waals surface area contributed by atoms with Crippen LogP contribution in [0.2, 0.25) is 0 Å². The summed E-state index contributed by atoms with van der Waals surface area (Å²) in [4.78, 5) is 0. The molecule has 1 aromatic carbocycles. The van der Waals surface area contributed by atoms with E-state index in [9.17, 15) is 30.7 Å². The number of alkyl halides is 3. The lowest BCUT2D eigenvalue weighted by Gasteiger charge is -2.12. The summed E-state index contributed by atoms with van der Waals surface area (Å²) in [6, 6.07) is 0. The van der Waals surface area contributed by atoms with E-state index in [2.05, 4.69) is 0 Å². The Balaban J connectivity index is 3.67. The summed E-state index contributed by atoms with van der Waals surface area (Å²) in [6.45, 7) is 0. The van der Waals surface area contributed by atoms with Gasteiger partial charge in [0.15, 0.2) is 23.3 Å². The van der Waals surface area contributed by atoms with E-state index in [1.54, 1.807) is 0 Å². The lowest BCUT2D eigenvalue weighted by atomic mass is 10.1. The van der Waals surface area contributed by atoms with Gasteiger partial charge in [-0.2, -0.15) is 13.2 Å². The summed E-state index contributed by atoms with van der Waals surface area (Å²) in [7, 11) is 0. The third-order valence-electron chi connectivity index (χ3n) is 1.66. The van der Waals surface area contributed by atoms with Crippen molar-refractivity contribution in [2.24, 2.45) is 0 Å². The molecule has 0 fully saturated rings. The first-order valence-corrected chi connectivity index (χ1v) is 3.55. The van der Waals surface area contributed by atoms with Crippen LogP contribution in [0.15, 0.2) is 0 Å². The van der Waals surface area contributed by atoms with Crippen LogP contribution in [-0.4, -0.2) is 5.21 Å². The first-order chi connectivity index (χ1) is 7.21. The van der Waals surface area contributed by atoms with Gasteiger partial charge in [-0.05, 0) is 0 Å². The van der Waals surface area contributed by atoms with E-state index in [4.69, 9.17) is 5.21 Å². The zero-order valence-electron chi connectivity index (χ0n) is 7.09. The van der Waals surface area contributed by atoms with Gasteiger partial charge in [-0.1, -0.05) is 0 Å². The van der Waals surface area contributed by atoms with Crippen LogP contribution >= 0.6 is 0 Å². The molecule has 90 valence electrons. The Bertz CT molecular complexity index is 399. The van der Waals surface area contributed by atoms with Crippen molar-refractivity contribution in [1.82, 2.24) is 0 Å². The van der Waals surface area contributed by atoms with Crippen LogP contribution in [0.1, 0.15) is 5.56 Å². The molecule has 2 nitrogen and oxygen atoms in total. The fourth-order valence-electron chi connectivity index (χ4n) is 0.979. The largest absolute Gasteiger partial charge is 0.422 e. The molecule has 0 saturated carbocycles. The van der Waals surface area contributed by atoms with Crippen molar-refractivity contribution in [2.75, 3.05) is 5.48 Å². The number of anilines is 1. The molecule has 0 bridgehead atoms. The Kier molecular flexibility index (Phi) is 2.99. The molecule has 0 atom stereocenters. The minimum Gasteiger partial charge on any atom is -0.291 e. The molecule has 9 heteroatoms. The molecule has 0 unspecified atom stereocenters. The summed E-state index contributed by atoms with van der Waals surface area (Å²) in [5.74, 6) is -10.0. The highest BCUT2D eigenvalue weighted by Crippen LogP contribution is 2.38. The smallest absolute Gasteiger partial charge is 0.291 e. The van der Waals surface area contributed by atoms with E-state index in [0.717, 1.165) is 5.48 Å². The first kappa shape index (κ1) is 12.6. The molecule has 0 aliphatic heterocycles. The topological polar surface area (TPSA) is 32.3 Å². The van der Waals surface area contributed by atoms with Crippen molar-refractivity contribution >= 4 is 5.69 Å². The van der Waals surface area contributed by atoms with Gasteiger partial charge >= 0.3 is 6.18 Å². The van der Waals surface area contributed by atoms with Gasteiger partial charge in [0.25, 0.3) is 0 Å². The van der Waals surface area contributed by atoms with E-state index in [1.807, 2.05) is 0 Å². The molecule has 0 spiro atoms. The molecule has 0 aromatic heterocycles. The predicted octanol–water partition coefficient (Wildman–Crippen LogP) is 3.06. The highest BCUT2D eigenvalue weighted by atomic mass is 19.4. The van der Waals surface area contributed by atoms with Gasteiger partial charge in [0.2, 0.25) is 0 Å². The molecule has 1 rings (SSSR count). The summed E-state index contributed by atoms with van der Waals surface area (Å²) in [6.07, 6.45) is -5.59. The first-order valence-electron chi connectivity index (χ1n) is 3.55. The number of rotatable bonds is 1. The van der Waals surface area contributed by atoms with Gasteiger partial charge in [0.1, 0.15) is 11.3 Å². The third kappa shape index (κ3) is 1.77. The Hall–Kier alpha value is -1.51. The maximum absolute atomic E-state index is 12.7. The van der Waals surface area contributed by atoms with Crippen molar-refractivity contribution in [1.29, 1.82) is 0 Å². The van der Waals surface area contributed by atoms with Crippen LogP contribution in [0.4, 0.5) is 36.4 Å². The number of hydrogen-bond acceptors (Lipinski definition) is 2. The lowest BCUT2D eigenvalue weighted by molar-refractivity contribution is -0.143. The van der Waals surface area contributed by atoms with Gasteiger partial charge < -0.3 is 0 Å². The monoisotopic (exact) mass is 249 g/mol. The van der Waals surface area contributed by atoms with Gasteiger partial charge in [-0.15, -0.1) is 0 Å². The van der Waals surface area contributed by atoms with Crippen molar-refractivity contribution in [3.05, 3.63) is 28.8 Å². The predicted molar refractivity (Wildman–Crippen MR) is 36.7 cm³/mol. The van der Waals surface area contributed by atoms with E-state index >= 15 is 0 Å². The molecular formula is C7H2F7NO. The average molecular weight is 249 g/mol. The second-order valence-corrected chi connectivity index (χ2v) is 2.62. The van der Waals surface area contributed by atoms with E-state index in [1.165, 1.54) is 0 Å². The third-order valence-corrected chi connectivity index (χ3v) is 1.66. The summed E-state index contributed by atoms with van der Waals surface area (Å²) in [5.41, 5.74) is -3.70. The molecule has 0 heterocycles. The molecule has 0 saturated heterocycles. The van der Waals surface area contributed by atoms with Crippen LogP contribution in [0, 0.1) is 23.3 Å². The van der Waals surface area contributed by atoms with E-state index in [0.29, 0.717) is 0 Å². The number of halogens is 7. The molecule has 0 amide bonds.